The third-order valence-electron chi connectivity index (χ3n) is 10.2. The maximum Gasteiger partial charge on any atom is 0.410 e. The standard InChI is InChI=1S/C43H43N5O5/c1-43(2,3)53-42(51)48-20-8-12-38(48)40-44-25-36(46-40)32-16-15-28-21-29(13-14-30(28)22-32)31-17-18-34-33(23-31)39(49)24-35(45-34)37-11-7-19-47(37)41(50)52-26-27-9-5-4-6-10-27/h4-6,9-10,13-18,21-25,37-38H,7-8,11-12,19-20,26H2,1-3H3,(H,44,46)(H,45,49)/t37?,38-/m0/s1. The normalized spacial score (nSPS) is 17.5. The molecule has 2 aliphatic heterocycles. The van der Waals surface area contributed by atoms with Crippen molar-refractivity contribution in [2.75, 3.05) is 13.1 Å². The fourth-order valence-electron chi connectivity index (χ4n) is 7.57. The van der Waals surface area contributed by atoms with Crippen molar-refractivity contribution in [3.63, 3.8) is 0 Å². The van der Waals surface area contributed by atoms with Crippen LogP contribution in [0.1, 0.15) is 75.6 Å². The molecular formula is C43H43N5O5. The quantitative estimate of drug-likeness (QED) is 0.178. The summed E-state index contributed by atoms with van der Waals surface area (Å²) in [6, 6.07) is 29.4. The van der Waals surface area contributed by atoms with Crippen molar-refractivity contribution in [1.82, 2.24) is 24.8 Å². The summed E-state index contributed by atoms with van der Waals surface area (Å²) >= 11 is 0. The fourth-order valence-corrected chi connectivity index (χ4v) is 7.57. The summed E-state index contributed by atoms with van der Waals surface area (Å²) in [7, 11) is 0. The third-order valence-corrected chi connectivity index (χ3v) is 10.2. The van der Waals surface area contributed by atoms with Crippen LogP contribution < -0.4 is 5.43 Å². The van der Waals surface area contributed by atoms with Crippen LogP contribution in [0.25, 0.3) is 44.1 Å². The number of benzene rings is 4. The average Bonchev–Trinajstić information content (AvgIpc) is 3.95. The molecule has 10 heteroatoms. The van der Waals surface area contributed by atoms with Gasteiger partial charge in [0, 0.05) is 41.3 Å². The maximum absolute atomic E-state index is 13.5. The van der Waals surface area contributed by atoms with Crippen LogP contribution in [0.15, 0.2) is 102 Å². The number of pyridine rings is 1. The first-order valence-electron chi connectivity index (χ1n) is 18.3. The molecule has 53 heavy (non-hydrogen) atoms. The number of carbonyl (C=O) groups is 2. The van der Waals surface area contributed by atoms with Gasteiger partial charge < -0.3 is 19.4 Å². The summed E-state index contributed by atoms with van der Waals surface area (Å²) in [4.78, 5) is 54.5. The van der Waals surface area contributed by atoms with Crippen molar-refractivity contribution < 1.29 is 19.1 Å². The van der Waals surface area contributed by atoms with Gasteiger partial charge in [0.15, 0.2) is 5.43 Å². The molecule has 0 saturated carbocycles. The van der Waals surface area contributed by atoms with Crippen molar-refractivity contribution >= 4 is 33.9 Å². The number of aromatic nitrogens is 3. The minimum Gasteiger partial charge on any atom is -0.445 e. The zero-order chi connectivity index (χ0) is 36.7. The largest absolute Gasteiger partial charge is 0.445 e. The van der Waals surface area contributed by atoms with Crippen LogP contribution in [0, 0.1) is 0 Å². The van der Waals surface area contributed by atoms with Crippen molar-refractivity contribution in [2.24, 2.45) is 0 Å². The highest BCUT2D eigenvalue weighted by molar-refractivity contribution is 5.92. The van der Waals surface area contributed by atoms with Gasteiger partial charge in [-0.2, -0.15) is 0 Å². The van der Waals surface area contributed by atoms with E-state index < -0.39 is 5.60 Å². The molecule has 2 saturated heterocycles. The molecule has 6 aromatic rings. The van der Waals surface area contributed by atoms with Gasteiger partial charge in [0.05, 0.1) is 24.0 Å². The first-order chi connectivity index (χ1) is 25.6. The van der Waals surface area contributed by atoms with Gasteiger partial charge in [0.2, 0.25) is 0 Å². The Morgan fingerprint density at radius 1 is 0.774 bits per heavy atom. The number of amides is 2. The Kier molecular flexibility index (Phi) is 8.98. The summed E-state index contributed by atoms with van der Waals surface area (Å²) in [6.07, 6.45) is 4.48. The van der Waals surface area contributed by atoms with E-state index in [4.69, 9.17) is 9.47 Å². The van der Waals surface area contributed by atoms with Gasteiger partial charge in [0.1, 0.15) is 18.0 Å². The molecule has 0 aliphatic carbocycles. The third kappa shape index (κ3) is 7.13. The van der Waals surface area contributed by atoms with E-state index in [9.17, 15) is 14.4 Å². The van der Waals surface area contributed by atoms with Crippen molar-refractivity contribution in [3.05, 3.63) is 124 Å². The van der Waals surface area contributed by atoms with Crippen LogP contribution in [0.2, 0.25) is 0 Å². The highest BCUT2D eigenvalue weighted by Crippen LogP contribution is 2.35. The summed E-state index contributed by atoms with van der Waals surface area (Å²) in [5, 5.41) is 2.74. The minimum atomic E-state index is -0.555. The molecule has 8 rings (SSSR count). The number of likely N-dealkylation sites (tertiary alicyclic amines) is 2. The van der Waals surface area contributed by atoms with Crippen LogP contribution >= 0.6 is 0 Å². The van der Waals surface area contributed by atoms with Crippen molar-refractivity contribution in [3.8, 4) is 22.4 Å². The molecule has 10 nitrogen and oxygen atoms in total. The Balaban J connectivity index is 0.986. The Bertz CT molecular complexity index is 2380. The molecule has 1 unspecified atom stereocenters. The van der Waals surface area contributed by atoms with Crippen molar-refractivity contribution in [2.45, 2.75) is 70.7 Å². The number of fused-ring (bicyclic) bond motifs is 2. The first kappa shape index (κ1) is 34.2. The monoisotopic (exact) mass is 709 g/mol. The van der Waals surface area contributed by atoms with E-state index in [1.807, 2.05) is 75.5 Å². The van der Waals surface area contributed by atoms with E-state index >= 15 is 0 Å². The Hall–Kier alpha value is -5.90. The van der Waals surface area contributed by atoms with E-state index in [1.165, 1.54) is 0 Å². The molecule has 0 radical (unpaired) electrons. The second kappa shape index (κ2) is 13.9. The fraction of sp³-hybridized carbons (Fsp3) is 0.302. The van der Waals surface area contributed by atoms with E-state index in [2.05, 4.69) is 51.4 Å². The molecule has 2 fully saturated rings. The molecule has 2 aromatic heterocycles. The van der Waals surface area contributed by atoms with Gasteiger partial charge in [-0.3, -0.25) is 14.6 Å². The predicted molar refractivity (Wildman–Crippen MR) is 205 cm³/mol. The molecule has 4 heterocycles. The SMILES string of the molecule is CC(C)(C)OC(=O)N1CCC[C@H]1c1ncc(-c2ccc3cc(-c4ccc5[nH]c(C6CCCN6C(=O)OCc6ccccc6)cc(=O)c5c4)ccc3c2)[nH]1. The number of ether oxygens (including phenoxy) is 2. The first-order valence-corrected chi connectivity index (χ1v) is 18.3. The summed E-state index contributed by atoms with van der Waals surface area (Å²) in [5.41, 5.74) is 5.58. The number of hydrogen-bond donors (Lipinski definition) is 2. The van der Waals surface area contributed by atoms with E-state index in [1.54, 1.807) is 15.9 Å². The van der Waals surface area contributed by atoms with Crippen LogP contribution in [0.5, 0.6) is 0 Å². The second-order valence-electron chi connectivity index (χ2n) is 15.0. The molecule has 4 aromatic carbocycles. The molecule has 2 atom stereocenters. The molecule has 0 bridgehead atoms. The van der Waals surface area contributed by atoms with Gasteiger partial charge in [-0.25, -0.2) is 14.6 Å². The highest BCUT2D eigenvalue weighted by atomic mass is 16.6. The molecule has 2 aliphatic rings. The van der Waals surface area contributed by atoms with Crippen LogP contribution in [-0.4, -0.2) is 55.6 Å². The van der Waals surface area contributed by atoms with Gasteiger partial charge in [0.25, 0.3) is 0 Å². The smallest absolute Gasteiger partial charge is 0.410 e. The number of nitrogens with one attached hydrogen (secondary N) is 2. The lowest BCUT2D eigenvalue weighted by molar-refractivity contribution is 0.0218. The molecule has 0 spiro atoms. The van der Waals surface area contributed by atoms with Crippen LogP contribution in [0.3, 0.4) is 0 Å². The number of nitrogens with zero attached hydrogens (tertiary/aromatic N) is 3. The minimum absolute atomic E-state index is 0.0868. The summed E-state index contributed by atoms with van der Waals surface area (Å²) in [5.74, 6) is 0.763. The lowest BCUT2D eigenvalue weighted by Gasteiger charge is -2.27. The molecule has 270 valence electrons. The maximum atomic E-state index is 13.5. The Labute approximate surface area is 307 Å². The van der Waals surface area contributed by atoms with Crippen LogP contribution in [-0.2, 0) is 16.1 Å². The van der Waals surface area contributed by atoms with Crippen molar-refractivity contribution in [1.29, 1.82) is 0 Å². The number of imidazole rings is 1. The van der Waals surface area contributed by atoms with Gasteiger partial charge in [-0.1, -0.05) is 60.7 Å². The lowest BCUT2D eigenvalue weighted by Crippen LogP contribution is -2.36. The zero-order valence-corrected chi connectivity index (χ0v) is 30.2. The van der Waals surface area contributed by atoms with E-state index in [0.717, 1.165) is 81.4 Å². The molecular weight excluding hydrogens is 667 g/mol. The number of rotatable bonds is 6. The van der Waals surface area contributed by atoms with Gasteiger partial charge >= 0.3 is 12.2 Å². The predicted octanol–water partition coefficient (Wildman–Crippen LogP) is 9.28. The average molecular weight is 710 g/mol. The Morgan fingerprint density at radius 2 is 1.43 bits per heavy atom. The molecule has 2 N–H and O–H groups in total. The lowest BCUT2D eigenvalue weighted by atomic mass is 9.98. The van der Waals surface area contributed by atoms with Crippen LogP contribution in [0.4, 0.5) is 9.59 Å². The Morgan fingerprint density at radius 3 is 2.19 bits per heavy atom. The summed E-state index contributed by atoms with van der Waals surface area (Å²) in [6.45, 7) is 7.07. The second-order valence-corrected chi connectivity index (χ2v) is 15.0. The van der Waals surface area contributed by atoms with Gasteiger partial charge in [-0.15, -0.1) is 0 Å². The van der Waals surface area contributed by atoms with Gasteiger partial charge in [-0.05, 0) is 98.2 Å². The zero-order valence-electron chi connectivity index (χ0n) is 30.2. The number of aromatic amines is 2. The summed E-state index contributed by atoms with van der Waals surface area (Å²) < 4.78 is 11.3. The van der Waals surface area contributed by atoms with E-state index in [0.29, 0.717) is 18.5 Å². The molecule has 2 amide bonds. The number of hydrogen-bond acceptors (Lipinski definition) is 6. The topological polar surface area (TPSA) is 121 Å². The number of H-pyrrole nitrogens is 2. The van der Waals surface area contributed by atoms with E-state index in [-0.39, 0.29) is 36.3 Å². The number of carbonyl (C=O) groups excluding carboxylic acids is 2. The highest BCUT2D eigenvalue weighted by Gasteiger charge is 2.35.